The fraction of sp³-hybridized carbons (Fsp3) is 0.222. The Balaban J connectivity index is 2.01. The summed E-state index contributed by atoms with van der Waals surface area (Å²) in [6.07, 6.45) is 0. The van der Waals surface area contributed by atoms with Gasteiger partial charge < -0.3 is 9.64 Å². The van der Waals surface area contributed by atoms with Crippen LogP contribution < -0.4 is 4.74 Å². The molecular weight excluding hydrogens is 278 g/mol. The smallest absolute Gasteiger partial charge is 0.198 e. The number of ether oxygens (including phenoxy) is 1. The third kappa shape index (κ3) is 2.42. The van der Waals surface area contributed by atoms with Crippen molar-refractivity contribution < 1.29 is 14.3 Å². The lowest BCUT2D eigenvalue weighted by Crippen LogP contribution is -2.23. The van der Waals surface area contributed by atoms with Gasteiger partial charge in [-0.05, 0) is 20.2 Å². The van der Waals surface area contributed by atoms with Crippen LogP contribution >= 0.6 is 0 Å². The van der Waals surface area contributed by atoms with Crippen molar-refractivity contribution in [3.05, 3.63) is 64.7 Å². The number of nitrogens with zero attached hydrogens (tertiary/aromatic N) is 1. The molecular formula is C18H17NO3. The number of rotatable bonds is 4. The molecule has 0 fully saturated rings. The normalized spacial score (nSPS) is 13.0. The molecule has 0 aromatic heterocycles. The molecule has 0 aliphatic heterocycles. The predicted molar refractivity (Wildman–Crippen MR) is 83.8 cm³/mol. The first-order valence-corrected chi connectivity index (χ1v) is 7.18. The van der Waals surface area contributed by atoms with Crippen LogP contribution in [0.3, 0.4) is 0 Å². The van der Waals surface area contributed by atoms with E-state index in [1.54, 1.807) is 42.5 Å². The highest BCUT2D eigenvalue weighted by Crippen LogP contribution is 2.33. The number of carbonyl (C=O) groups excluding carboxylic acids is 2. The minimum atomic E-state index is -0.148. The zero-order valence-corrected chi connectivity index (χ0v) is 12.6. The average Bonchev–Trinajstić information content (AvgIpc) is 2.52. The topological polar surface area (TPSA) is 46.6 Å². The molecule has 22 heavy (non-hydrogen) atoms. The van der Waals surface area contributed by atoms with Gasteiger partial charge in [0.2, 0.25) is 0 Å². The van der Waals surface area contributed by atoms with Crippen LogP contribution in [0.1, 0.15) is 31.8 Å². The van der Waals surface area contributed by atoms with Gasteiger partial charge in [0.25, 0.3) is 0 Å². The van der Waals surface area contributed by atoms with Crippen LogP contribution in [0.15, 0.2) is 42.5 Å². The van der Waals surface area contributed by atoms with Crippen molar-refractivity contribution in [2.24, 2.45) is 0 Å². The molecule has 0 bridgehead atoms. The molecule has 0 N–H and O–H groups in total. The molecule has 0 heterocycles. The summed E-state index contributed by atoms with van der Waals surface area (Å²) >= 11 is 0. The number of hydrogen-bond acceptors (Lipinski definition) is 4. The number of ketones is 2. The predicted octanol–water partition coefficient (Wildman–Crippen LogP) is 2.40. The Bertz CT molecular complexity index is 750. The SMILES string of the molecule is CN(C)CCOc1cccc2c1C(=O)c1ccccc1C2=O. The largest absolute Gasteiger partial charge is 0.491 e. The van der Waals surface area contributed by atoms with E-state index in [-0.39, 0.29) is 11.6 Å². The molecule has 3 rings (SSSR count). The second-order valence-electron chi connectivity index (χ2n) is 5.53. The van der Waals surface area contributed by atoms with Gasteiger partial charge in [0, 0.05) is 23.2 Å². The maximum Gasteiger partial charge on any atom is 0.198 e. The van der Waals surface area contributed by atoms with Crippen LogP contribution in [0, 0.1) is 0 Å². The standard InChI is InChI=1S/C18H17NO3/c1-19(2)10-11-22-15-9-5-8-14-16(15)18(21)13-7-4-3-6-12(13)17(14)20/h3-9H,10-11H2,1-2H3. The van der Waals surface area contributed by atoms with Gasteiger partial charge in [-0.1, -0.05) is 36.4 Å². The van der Waals surface area contributed by atoms with E-state index >= 15 is 0 Å². The van der Waals surface area contributed by atoms with Gasteiger partial charge in [-0.25, -0.2) is 0 Å². The number of likely N-dealkylation sites (N-methyl/N-ethyl adjacent to an activating group) is 1. The average molecular weight is 295 g/mol. The molecule has 2 aromatic carbocycles. The fourth-order valence-corrected chi connectivity index (χ4v) is 2.57. The van der Waals surface area contributed by atoms with Crippen LogP contribution in [-0.2, 0) is 0 Å². The fourth-order valence-electron chi connectivity index (χ4n) is 2.57. The van der Waals surface area contributed by atoms with Gasteiger partial charge >= 0.3 is 0 Å². The minimum absolute atomic E-state index is 0.122. The maximum atomic E-state index is 12.7. The molecule has 1 aliphatic carbocycles. The maximum absolute atomic E-state index is 12.7. The number of hydrogen-bond donors (Lipinski definition) is 0. The molecule has 4 nitrogen and oxygen atoms in total. The summed E-state index contributed by atoms with van der Waals surface area (Å²) < 4.78 is 5.73. The lowest BCUT2D eigenvalue weighted by Gasteiger charge is -2.20. The highest BCUT2D eigenvalue weighted by atomic mass is 16.5. The van der Waals surface area contributed by atoms with Crippen LogP contribution in [0.5, 0.6) is 5.75 Å². The Labute approximate surface area is 129 Å². The monoisotopic (exact) mass is 295 g/mol. The van der Waals surface area contributed by atoms with Gasteiger partial charge in [-0.15, -0.1) is 0 Å². The lowest BCUT2D eigenvalue weighted by molar-refractivity contribution is 0.0975. The van der Waals surface area contributed by atoms with Crippen LogP contribution in [0.4, 0.5) is 0 Å². The molecule has 0 unspecified atom stereocenters. The zero-order valence-electron chi connectivity index (χ0n) is 12.6. The van der Waals surface area contributed by atoms with E-state index in [0.717, 1.165) is 6.54 Å². The second kappa shape index (κ2) is 5.73. The molecule has 112 valence electrons. The Morgan fingerprint density at radius 3 is 2.18 bits per heavy atom. The van der Waals surface area contributed by atoms with Crippen molar-refractivity contribution in [2.45, 2.75) is 0 Å². The first-order chi connectivity index (χ1) is 10.6. The van der Waals surface area contributed by atoms with E-state index < -0.39 is 0 Å². The molecule has 0 atom stereocenters. The summed E-state index contributed by atoms with van der Waals surface area (Å²) in [7, 11) is 3.91. The van der Waals surface area contributed by atoms with Crippen molar-refractivity contribution in [3.8, 4) is 5.75 Å². The van der Waals surface area contributed by atoms with E-state index in [2.05, 4.69) is 0 Å². The van der Waals surface area contributed by atoms with Gasteiger partial charge in [-0.3, -0.25) is 9.59 Å². The summed E-state index contributed by atoms with van der Waals surface area (Å²) in [6, 6.07) is 12.1. The highest BCUT2D eigenvalue weighted by Gasteiger charge is 2.31. The highest BCUT2D eigenvalue weighted by molar-refractivity contribution is 6.29. The van der Waals surface area contributed by atoms with Crippen molar-refractivity contribution in [2.75, 3.05) is 27.2 Å². The minimum Gasteiger partial charge on any atom is -0.491 e. The molecule has 0 saturated carbocycles. The second-order valence-corrected chi connectivity index (χ2v) is 5.53. The van der Waals surface area contributed by atoms with E-state index in [4.69, 9.17) is 4.74 Å². The number of benzene rings is 2. The summed E-state index contributed by atoms with van der Waals surface area (Å²) in [5.41, 5.74) is 1.71. The third-order valence-corrected chi connectivity index (χ3v) is 3.71. The quantitative estimate of drug-likeness (QED) is 0.741. The van der Waals surface area contributed by atoms with Gasteiger partial charge in [-0.2, -0.15) is 0 Å². The molecule has 0 amide bonds. The summed E-state index contributed by atoms with van der Waals surface area (Å²) in [5, 5.41) is 0. The molecule has 0 saturated heterocycles. The van der Waals surface area contributed by atoms with E-state index in [1.807, 2.05) is 19.0 Å². The Morgan fingerprint density at radius 1 is 0.864 bits per heavy atom. The van der Waals surface area contributed by atoms with Crippen molar-refractivity contribution >= 4 is 11.6 Å². The Morgan fingerprint density at radius 2 is 1.50 bits per heavy atom. The Hall–Kier alpha value is -2.46. The number of fused-ring (bicyclic) bond motifs is 2. The van der Waals surface area contributed by atoms with Crippen molar-refractivity contribution in [3.63, 3.8) is 0 Å². The Kier molecular flexibility index (Phi) is 3.77. The van der Waals surface area contributed by atoms with Crippen molar-refractivity contribution in [1.29, 1.82) is 0 Å². The first kappa shape index (κ1) is 14.5. The van der Waals surface area contributed by atoms with E-state index in [1.165, 1.54) is 0 Å². The number of carbonyl (C=O) groups is 2. The van der Waals surface area contributed by atoms with Crippen LogP contribution in [-0.4, -0.2) is 43.7 Å². The molecule has 0 spiro atoms. The van der Waals surface area contributed by atoms with Crippen LogP contribution in [0.2, 0.25) is 0 Å². The third-order valence-electron chi connectivity index (χ3n) is 3.71. The molecule has 0 radical (unpaired) electrons. The van der Waals surface area contributed by atoms with Gasteiger partial charge in [0.15, 0.2) is 11.6 Å². The van der Waals surface area contributed by atoms with Gasteiger partial charge in [0.1, 0.15) is 12.4 Å². The lowest BCUT2D eigenvalue weighted by atomic mass is 9.83. The molecule has 1 aliphatic rings. The summed E-state index contributed by atoms with van der Waals surface area (Å²) in [6.45, 7) is 1.20. The summed E-state index contributed by atoms with van der Waals surface area (Å²) in [5.74, 6) is 0.209. The molecule has 2 aromatic rings. The zero-order chi connectivity index (χ0) is 15.7. The van der Waals surface area contributed by atoms with E-state index in [0.29, 0.717) is 34.6 Å². The summed E-state index contributed by atoms with van der Waals surface area (Å²) in [4.78, 5) is 27.3. The van der Waals surface area contributed by atoms with Crippen LogP contribution in [0.25, 0.3) is 0 Å². The first-order valence-electron chi connectivity index (χ1n) is 7.18. The van der Waals surface area contributed by atoms with E-state index in [9.17, 15) is 9.59 Å². The van der Waals surface area contributed by atoms with Crippen molar-refractivity contribution in [1.82, 2.24) is 4.90 Å². The van der Waals surface area contributed by atoms with Gasteiger partial charge in [0.05, 0.1) is 5.56 Å². The molecule has 4 heteroatoms.